The lowest BCUT2D eigenvalue weighted by Crippen LogP contribution is -2.21. The lowest BCUT2D eigenvalue weighted by Gasteiger charge is -2.14. The number of hydrogen-bond acceptors (Lipinski definition) is 4. The van der Waals surface area contributed by atoms with Crippen LogP contribution in [0.25, 0.3) is 17.4 Å². The molecule has 0 unspecified atom stereocenters. The average Bonchev–Trinajstić information content (AvgIpc) is 3.34. The van der Waals surface area contributed by atoms with Gasteiger partial charge in [-0.05, 0) is 56.3 Å². The number of furan rings is 1. The van der Waals surface area contributed by atoms with Gasteiger partial charge in [-0.25, -0.2) is 0 Å². The summed E-state index contributed by atoms with van der Waals surface area (Å²) >= 11 is 0. The fraction of sp³-hybridized carbons (Fsp3) is 0.125. The summed E-state index contributed by atoms with van der Waals surface area (Å²) in [5, 5.41) is 5.06. The smallest absolute Gasteiger partial charge is 0.416 e. The van der Waals surface area contributed by atoms with Gasteiger partial charge in [-0.15, -0.1) is 0 Å². The van der Waals surface area contributed by atoms with Crippen molar-refractivity contribution in [1.29, 1.82) is 0 Å². The third-order valence-corrected chi connectivity index (χ3v) is 4.95. The van der Waals surface area contributed by atoms with E-state index in [1.807, 2.05) is 0 Å². The standard InChI is InChI=1S/C24H17F3N2O3/c1-14-21(23(31)29(28-14)19-8-4-7-18(12-19)24(25,26)27)13-20-9-10-22(32-20)17-6-3-5-16(11-17)15(2)30/h3-13H,1-2H3/b21-13-. The van der Waals surface area contributed by atoms with Crippen LogP contribution in [0.15, 0.2) is 75.8 Å². The van der Waals surface area contributed by atoms with Crippen LogP contribution in [-0.2, 0) is 11.0 Å². The van der Waals surface area contributed by atoms with Crippen molar-refractivity contribution in [2.24, 2.45) is 5.10 Å². The van der Waals surface area contributed by atoms with E-state index in [1.165, 1.54) is 25.1 Å². The van der Waals surface area contributed by atoms with Crippen molar-refractivity contribution >= 4 is 29.2 Å². The van der Waals surface area contributed by atoms with Crippen LogP contribution in [0.5, 0.6) is 0 Å². The van der Waals surface area contributed by atoms with Crippen molar-refractivity contribution < 1.29 is 27.2 Å². The van der Waals surface area contributed by atoms with Gasteiger partial charge in [-0.3, -0.25) is 9.59 Å². The molecule has 8 heteroatoms. The van der Waals surface area contributed by atoms with Crippen molar-refractivity contribution in [3.63, 3.8) is 0 Å². The Bertz CT molecular complexity index is 1290. The minimum atomic E-state index is -4.53. The van der Waals surface area contributed by atoms with Gasteiger partial charge in [-0.1, -0.05) is 24.3 Å². The van der Waals surface area contributed by atoms with Gasteiger partial charge >= 0.3 is 6.18 Å². The summed E-state index contributed by atoms with van der Waals surface area (Å²) in [6.45, 7) is 3.07. The number of anilines is 1. The summed E-state index contributed by atoms with van der Waals surface area (Å²) in [6, 6.07) is 14.8. The zero-order valence-electron chi connectivity index (χ0n) is 17.1. The predicted molar refractivity (Wildman–Crippen MR) is 114 cm³/mol. The first-order valence-corrected chi connectivity index (χ1v) is 9.64. The minimum absolute atomic E-state index is 0.0220. The molecule has 0 atom stereocenters. The lowest BCUT2D eigenvalue weighted by atomic mass is 10.1. The first kappa shape index (κ1) is 21.3. The van der Waals surface area contributed by atoms with Crippen LogP contribution in [-0.4, -0.2) is 17.4 Å². The van der Waals surface area contributed by atoms with Crippen molar-refractivity contribution in [2.75, 3.05) is 5.01 Å². The van der Waals surface area contributed by atoms with Crippen molar-refractivity contribution in [2.45, 2.75) is 20.0 Å². The second-order valence-electron chi connectivity index (χ2n) is 7.25. The number of amides is 1. The third-order valence-electron chi connectivity index (χ3n) is 4.95. The molecule has 0 fully saturated rings. The van der Waals surface area contributed by atoms with Gasteiger partial charge in [0.2, 0.25) is 0 Å². The molecule has 0 spiro atoms. The number of ketones is 1. The molecule has 0 bridgehead atoms. The van der Waals surface area contributed by atoms with E-state index in [4.69, 9.17) is 4.42 Å². The highest BCUT2D eigenvalue weighted by Gasteiger charge is 2.33. The second kappa shape index (κ2) is 7.96. The molecule has 1 aliphatic rings. The summed E-state index contributed by atoms with van der Waals surface area (Å²) in [6.07, 6.45) is -3.03. The highest BCUT2D eigenvalue weighted by Crippen LogP contribution is 2.33. The average molecular weight is 438 g/mol. The van der Waals surface area contributed by atoms with Crippen molar-refractivity contribution in [1.82, 2.24) is 0 Å². The Hall–Kier alpha value is -3.94. The van der Waals surface area contributed by atoms with Crippen LogP contribution < -0.4 is 5.01 Å². The van der Waals surface area contributed by atoms with Gasteiger partial charge in [-0.2, -0.15) is 23.3 Å². The van der Waals surface area contributed by atoms with Crippen LogP contribution in [0.1, 0.15) is 35.5 Å². The van der Waals surface area contributed by atoms with Crippen molar-refractivity contribution in [3.05, 3.63) is 83.1 Å². The number of hydrazone groups is 1. The lowest BCUT2D eigenvalue weighted by molar-refractivity contribution is -0.137. The Kier molecular flexibility index (Phi) is 5.30. The second-order valence-corrected chi connectivity index (χ2v) is 7.25. The van der Waals surface area contributed by atoms with Crippen molar-refractivity contribution in [3.8, 4) is 11.3 Å². The summed E-state index contributed by atoms with van der Waals surface area (Å²) in [7, 11) is 0. The Morgan fingerprint density at radius 1 is 1.06 bits per heavy atom. The van der Waals surface area contributed by atoms with E-state index in [1.54, 1.807) is 43.3 Å². The number of nitrogens with zero attached hydrogens (tertiary/aromatic N) is 2. The molecule has 32 heavy (non-hydrogen) atoms. The monoisotopic (exact) mass is 438 g/mol. The Labute approximate surface area is 181 Å². The zero-order chi connectivity index (χ0) is 23.0. The van der Waals surface area contributed by atoms with E-state index in [-0.39, 0.29) is 17.0 Å². The van der Waals surface area contributed by atoms with E-state index < -0.39 is 17.6 Å². The van der Waals surface area contributed by atoms with E-state index in [9.17, 15) is 22.8 Å². The van der Waals surface area contributed by atoms with Crippen LogP contribution >= 0.6 is 0 Å². The van der Waals surface area contributed by atoms with E-state index in [2.05, 4.69) is 5.10 Å². The van der Waals surface area contributed by atoms with Crippen LogP contribution in [0.3, 0.4) is 0 Å². The molecule has 1 amide bonds. The molecular formula is C24H17F3N2O3. The topological polar surface area (TPSA) is 62.9 Å². The largest absolute Gasteiger partial charge is 0.457 e. The summed E-state index contributed by atoms with van der Waals surface area (Å²) in [5.41, 5.74) is 0.968. The molecule has 1 aliphatic heterocycles. The number of Topliss-reactive ketones (excluding diaryl/α,β-unsaturated/α-hetero) is 1. The van der Waals surface area contributed by atoms with Gasteiger partial charge in [0.15, 0.2) is 5.78 Å². The normalized spacial score (nSPS) is 15.4. The zero-order valence-corrected chi connectivity index (χ0v) is 17.1. The molecule has 0 aliphatic carbocycles. The summed E-state index contributed by atoms with van der Waals surface area (Å²) in [5.74, 6) is 0.254. The molecular weight excluding hydrogens is 421 g/mol. The molecule has 2 aromatic carbocycles. The minimum Gasteiger partial charge on any atom is -0.457 e. The van der Waals surface area contributed by atoms with Gasteiger partial charge < -0.3 is 4.42 Å². The van der Waals surface area contributed by atoms with Gasteiger partial charge in [0.1, 0.15) is 11.5 Å². The maximum atomic E-state index is 13.0. The number of carbonyl (C=O) groups excluding carboxylic acids is 2. The van der Waals surface area contributed by atoms with Gasteiger partial charge in [0.05, 0.1) is 22.5 Å². The van der Waals surface area contributed by atoms with Gasteiger partial charge in [0, 0.05) is 11.1 Å². The number of alkyl halides is 3. The fourth-order valence-electron chi connectivity index (χ4n) is 3.29. The summed E-state index contributed by atoms with van der Waals surface area (Å²) < 4.78 is 44.9. The third kappa shape index (κ3) is 4.12. The highest BCUT2D eigenvalue weighted by molar-refractivity contribution is 6.32. The maximum Gasteiger partial charge on any atom is 0.416 e. The van der Waals surface area contributed by atoms with E-state index >= 15 is 0 Å². The molecule has 2 heterocycles. The SMILES string of the molecule is CC(=O)c1cccc(-c2ccc(/C=C3\C(=O)N(c4cccc(C(F)(F)F)c4)N=C3C)o2)c1. The fourth-order valence-corrected chi connectivity index (χ4v) is 3.29. The molecule has 162 valence electrons. The molecule has 0 saturated carbocycles. The molecule has 5 nitrogen and oxygen atoms in total. The number of hydrogen-bond donors (Lipinski definition) is 0. The first-order chi connectivity index (χ1) is 15.1. The molecule has 4 rings (SSSR count). The number of carbonyl (C=O) groups is 2. The first-order valence-electron chi connectivity index (χ1n) is 9.64. The highest BCUT2D eigenvalue weighted by atomic mass is 19.4. The maximum absolute atomic E-state index is 13.0. The van der Waals surface area contributed by atoms with Gasteiger partial charge in [0.25, 0.3) is 5.91 Å². The molecule has 0 radical (unpaired) electrons. The number of benzene rings is 2. The Morgan fingerprint density at radius 2 is 1.81 bits per heavy atom. The van der Waals surface area contributed by atoms with Crippen LogP contribution in [0.2, 0.25) is 0 Å². The quantitative estimate of drug-likeness (QED) is 0.372. The number of rotatable bonds is 4. The predicted octanol–water partition coefficient (Wildman–Crippen LogP) is 5.97. The summed E-state index contributed by atoms with van der Waals surface area (Å²) in [4.78, 5) is 24.5. The molecule has 0 N–H and O–H groups in total. The van der Waals surface area contributed by atoms with Crippen LogP contribution in [0.4, 0.5) is 18.9 Å². The van der Waals surface area contributed by atoms with E-state index in [0.717, 1.165) is 17.1 Å². The Balaban J connectivity index is 1.62. The molecule has 3 aromatic rings. The Morgan fingerprint density at radius 3 is 2.53 bits per heavy atom. The molecule has 1 aromatic heterocycles. The molecule has 0 saturated heterocycles. The number of halogens is 3. The van der Waals surface area contributed by atoms with E-state index in [0.29, 0.717) is 28.4 Å². The van der Waals surface area contributed by atoms with Crippen LogP contribution in [0, 0.1) is 0 Å².